The van der Waals surface area contributed by atoms with Gasteiger partial charge in [0.15, 0.2) is 5.03 Å². The Labute approximate surface area is 109 Å². The maximum atomic E-state index is 12.0. The van der Waals surface area contributed by atoms with Crippen molar-refractivity contribution in [2.75, 3.05) is 10.5 Å². The van der Waals surface area contributed by atoms with Gasteiger partial charge in [0.2, 0.25) is 0 Å². The molecule has 0 aliphatic rings. The number of benzene rings is 1. The Balaban J connectivity index is 2.30. The lowest BCUT2D eigenvalue weighted by molar-refractivity contribution is 0.598. The molecule has 4 N–H and O–H groups in total. The molecule has 0 atom stereocenters. The molecule has 0 aliphatic carbocycles. The number of anilines is 2. The van der Waals surface area contributed by atoms with Crippen LogP contribution in [0.4, 0.5) is 11.4 Å². The number of H-pyrrole nitrogens is 1. The van der Waals surface area contributed by atoms with Gasteiger partial charge in [0.05, 0.1) is 22.6 Å². The maximum absolute atomic E-state index is 12.0. The van der Waals surface area contributed by atoms with Gasteiger partial charge in [-0.1, -0.05) is 11.6 Å². The van der Waals surface area contributed by atoms with Crippen molar-refractivity contribution in [1.82, 2.24) is 9.97 Å². The van der Waals surface area contributed by atoms with Crippen LogP contribution in [0.15, 0.2) is 29.4 Å². The Morgan fingerprint density at radius 3 is 2.72 bits per heavy atom. The molecule has 6 nitrogen and oxygen atoms in total. The molecule has 0 fully saturated rings. The summed E-state index contributed by atoms with van der Waals surface area (Å²) in [5, 5.41) is 0.281. The molecule has 8 heteroatoms. The second kappa shape index (κ2) is 4.51. The Hall–Kier alpha value is -1.73. The summed E-state index contributed by atoms with van der Waals surface area (Å²) in [5.41, 5.74) is 6.26. The third-order valence-corrected chi connectivity index (χ3v) is 3.84. The molecule has 0 saturated carbocycles. The summed E-state index contributed by atoms with van der Waals surface area (Å²) < 4.78 is 26.3. The van der Waals surface area contributed by atoms with Crippen LogP contribution in [0.25, 0.3) is 0 Å². The fourth-order valence-corrected chi connectivity index (χ4v) is 2.54. The number of hydrogen-bond acceptors (Lipinski definition) is 4. The fraction of sp³-hybridized carbons (Fsp3) is 0.100. The quantitative estimate of drug-likeness (QED) is 0.748. The Morgan fingerprint density at radius 2 is 2.17 bits per heavy atom. The summed E-state index contributed by atoms with van der Waals surface area (Å²) in [4.78, 5) is 6.48. The smallest absolute Gasteiger partial charge is 0.278 e. The number of rotatable bonds is 3. The molecule has 18 heavy (non-hydrogen) atoms. The first-order valence-electron chi connectivity index (χ1n) is 4.98. The number of aromatic nitrogens is 2. The van der Waals surface area contributed by atoms with Crippen LogP contribution in [0.1, 0.15) is 5.82 Å². The van der Waals surface area contributed by atoms with E-state index >= 15 is 0 Å². The lowest BCUT2D eigenvalue weighted by Crippen LogP contribution is -2.13. The molecular weight excluding hydrogens is 276 g/mol. The number of aryl methyl sites for hydroxylation is 1. The van der Waals surface area contributed by atoms with E-state index in [1.807, 2.05) is 0 Å². The van der Waals surface area contributed by atoms with Crippen LogP contribution in [0.3, 0.4) is 0 Å². The zero-order valence-corrected chi connectivity index (χ0v) is 11.0. The summed E-state index contributed by atoms with van der Waals surface area (Å²) in [6.07, 6.45) is 1.25. The van der Waals surface area contributed by atoms with Gasteiger partial charge in [0.25, 0.3) is 10.0 Å². The van der Waals surface area contributed by atoms with Crippen molar-refractivity contribution >= 4 is 33.0 Å². The SMILES string of the molecule is Cc1ncc(S(=O)(=O)Nc2ccc(N)c(Cl)c2)[nH]1. The van der Waals surface area contributed by atoms with E-state index < -0.39 is 10.0 Å². The second-order valence-electron chi connectivity index (χ2n) is 3.67. The zero-order chi connectivity index (χ0) is 13.3. The number of halogens is 1. The number of hydrogen-bond donors (Lipinski definition) is 3. The van der Waals surface area contributed by atoms with Gasteiger partial charge in [-0.05, 0) is 25.1 Å². The topological polar surface area (TPSA) is 101 Å². The number of imidazole rings is 1. The van der Waals surface area contributed by atoms with E-state index in [4.69, 9.17) is 17.3 Å². The summed E-state index contributed by atoms with van der Waals surface area (Å²) in [7, 11) is -3.69. The Bertz CT molecular complexity index is 681. The van der Waals surface area contributed by atoms with Gasteiger partial charge in [-0.2, -0.15) is 8.42 Å². The molecule has 1 heterocycles. The van der Waals surface area contributed by atoms with E-state index in [2.05, 4.69) is 14.7 Å². The van der Waals surface area contributed by atoms with Crippen LogP contribution < -0.4 is 10.5 Å². The van der Waals surface area contributed by atoms with Crippen molar-refractivity contribution in [1.29, 1.82) is 0 Å². The molecule has 0 amide bonds. The highest BCUT2D eigenvalue weighted by molar-refractivity contribution is 7.92. The normalized spacial score (nSPS) is 11.4. The monoisotopic (exact) mass is 286 g/mol. The molecule has 0 bridgehead atoms. The third-order valence-electron chi connectivity index (χ3n) is 2.22. The summed E-state index contributed by atoms with van der Waals surface area (Å²) >= 11 is 5.81. The lowest BCUT2D eigenvalue weighted by Gasteiger charge is -2.07. The highest BCUT2D eigenvalue weighted by atomic mass is 35.5. The molecular formula is C10H11ClN4O2S. The number of nitrogens with zero attached hydrogens (tertiary/aromatic N) is 1. The molecule has 0 spiro atoms. The van der Waals surface area contributed by atoms with Gasteiger partial charge in [-0.15, -0.1) is 0 Å². The highest BCUT2D eigenvalue weighted by Crippen LogP contribution is 2.24. The van der Waals surface area contributed by atoms with Gasteiger partial charge in [-0.3, -0.25) is 4.72 Å². The number of nitrogens with two attached hydrogens (primary N) is 1. The summed E-state index contributed by atoms with van der Waals surface area (Å²) in [5.74, 6) is 0.519. The van der Waals surface area contributed by atoms with E-state index in [1.165, 1.54) is 24.4 Å². The Kier molecular flexibility index (Phi) is 3.18. The van der Waals surface area contributed by atoms with E-state index in [0.29, 0.717) is 17.2 Å². The molecule has 1 aromatic heterocycles. The molecule has 2 rings (SSSR count). The predicted molar refractivity (Wildman–Crippen MR) is 70.0 cm³/mol. The van der Waals surface area contributed by atoms with Crippen molar-refractivity contribution < 1.29 is 8.42 Å². The fourth-order valence-electron chi connectivity index (χ4n) is 1.34. The highest BCUT2D eigenvalue weighted by Gasteiger charge is 2.16. The lowest BCUT2D eigenvalue weighted by atomic mass is 10.3. The van der Waals surface area contributed by atoms with Crippen LogP contribution in [0.5, 0.6) is 0 Å². The minimum atomic E-state index is -3.69. The first kappa shape index (κ1) is 12.7. The standard InChI is InChI=1S/C10H11ClN4O2S/c1-6-13-5-10(14-6)18(16,17)15-7-2-3-9(12)8(11)4-7/h2-5,15H,12H2,1H3,(H,13,14). The number of nitrogens with one attached hydrogen (secondary N) is 2. The average Bonchev–Trinajstić information content (AvgIpc) is 2.71. The molecule has 0 aliphatic heterocycles. The van der Waals surface area contributed by atoms with Crippen LogP contribution in [-0.4, -0.2) is 18.4 Å². The average molecular weight is 287 g/mol. The van der Waals surface area contributed by atoms with Crippen molar-refractivity contribution in [2.24, 2.45) is 0 Å². The van der Waals surface area contributed by atoms with E-state index in [-0.39, 0.29) is 10.0 Å². The first-order chi connectivity index (χ1) is 8.38. The van der Waals surface area contributed by atoms with E-state index in [0.717, 1.165) is 0 Å². The first-order valence-corrected chi connectivity index (χ1v) is 6.84. The number of aromatic amines is 1. The maximum Gasteiger partial charge on any atom is 0.278 e. The van der Waals surface area contributed by atoms with Crippen molar-refractivity contribution in [3.63, 3.8) is 0 Å². The molecule has 96 valence electrons. The molecule has 2 aromatic rings. The van der Waals surface area contributed by atoms with Gasteiger partial charge >= 0.3 is 0 Å². The summed E-state index contributed by atoms with van der Waals surface area (Å²) in [6.45, 7) is 1.67. The van der Waals surface area contributed by atoms with Gasteiger partial charge in [0.1, 0.15) is 5.82 Å². The molecule has 0 saturated heterocycles. The third kappa shape index (κ3) is 2.57. The van der Waals surface area contributed by atoms with Gasteiger partial charge in [-0.25, -0.2) is 4.98 Å². The number of sulfonamides is 1. The van der Waals surface area contributed by atoms with Gasteiger partial charge < -0.3 is 10.7 Å². The van der Waals surface area contributed by atoms with Crippen molar-refractivity contribution in [3.8, 4) is 0 Å². The Morgan fingerprint density at radius 1 is 1.44 bits per heavy atom. The van der Waals surface area contributed by atoms with Gasteiger partial charge in [0, 0.05) is 0 Å². The van der Waals surface area contributed by atoms with E-state index in [9.17, 15) is 8.42 Å². The van der Waals surface area contributed by atoms with Crippen LogP contribution in [0.2, 0.25) is 5.02 Å². The molecule has 1 aromatic carbocycles. The summed E-state index contributed by atoms with van der Waals surface area (Å²) in [6, 6.07) is 4.50. The second-order valence-corrected chi connectivity index (χ2v) is 5.73. The molecule has 0 unspecified atom stereocenters. The number of nitrogen functional groups attached to an aromatic ring is 1. The van der Waals surface area contributed by atoms with Crippen molar-refractivity contribution in [2.45, 2.75) is 11.9 Å². The van der Waals surface area contributed by atoms with Crippen molar-refractivity contribution in [3.05, 3.63) is 35.2 Å². The predicted octanol–water partition coefficient (Wildman–Crippen LogP) is 1.75. The zero-order valence-electron chi connectivity index (χ0n) is 9.44. The van der Waals surface area contributed by atoms with Crippen LogP contribution >= 0.6 is 11.6 Å². The van der Waals surface area contributed by atoms with Crippen LogP contribution in [-0.2, 0) is 10.0 Å². The minimum absolute atomic E-state index is 0.00653. The molecule has 0 radical (unpaired) electrons. The van der Waals surface area contributed by atoms with E-state index in [1.54, 1.807) is 6.92 Å². The largest absolute Gasteiger partial charge is 0.398 e. The van der Waals surface area contributed by atoms with Crippen LogP contribution in [0, 0.1) is 6.92 Å². The minimum Gasteiger partial charge on any atom is -0.398 e.